The largest absolute Gasteiger partial charge is 0.240 e. The van der Waals surface area contributed by atoms with Crippen molar-refractivity contribution in [2.24, 2.45) is 0 Å². The molecule has 0 amide bonds. The molecule has 0 heterocycles. The van der Waals surface area contributed by atoms with Gasteiger partial charge in [-0.3, -0.25) is 0 Å². The molecule has 0 aliphatic carbocycles. The maximum absolute atomic E-state index is 8.25. The van der Waals surface area contributed by atoms with Gasteiger partial charge in [0.25, 0.3) is 0 Å². The number of hydrogen-bond donors (Lipinski definition) is 0. The van der Waals surface area contributed by atoms with Gasteiger partial charge in [0, 0.05) is 0 Å². The summed E-state index contributed by atoms with van der Waals surface area (Å²) in [5.41, 5.74) is 0. The van der Waals surface area contributed by atoms with Crippen LogP contribution in [0.4, 0.5) is 0 Å². The highest BCUT2D eigenvalue weighted by molar-refractivity contribution is 7.59. The molecule has 0 saturated heterocycles. The summed E-state index contributed by atoms with van der Waals surface area (Å²) in [6.07, 6.45) is 0. The summed E-state index contributed by atoms with van der Waals surface area (Å²) in [5.74, 6) is 0. The first-order valence-electron chi connectivity index (χ1n) is 0.408. The van der Waals surface area contributed by atoms with Crippen LogP contribution in [-0.4, -0.2) is 7.11 Å². The van der Waals surface area contributed by atoms with Crippen LogP contribution < -0.4 is 0 Å². The molecule has 3 heteroatoms. The maximum atomic E-state index is 8.25. The number of hydrogen-bond acceptors (Lipinski definition) is 0. The van der Waals surface area contributed by atoms with Crippen LogP contribution in [0.2, 0.25) is 0 Å². The van der Waals surface area contributed by atoms with Crippen molar-refractivity contribution in [1.82, 2.24) is 0 Å². The van der Waals surface area contributed by atoms with Crippen LogP contribution >= 0.6 is 23.4 Å². The summed E-state index contributed by atoms with van der Waals surface area (Å²) in [6, 6.07) is 0. The summed E-state index contributed by atoms with van der Waals surface area (Å²) in [4.78, 5) is 0. The maximum Gasteiger partial charge on any atom is 0.0712 e. The van der Waals surface area contributed by atoms with Gasteiger partial charge in [-0.05, 0) is 0 Å². The lowest BCUT2D eigenvalue weighted by Crippen LogP contribution is -1.16. The lowest BCUT2D eigenvalue weighted by atomic mass is 11.8. The van der Waals surface area contributed by atoms with Crippen LogP contribution in [0, 0.1) is 0 Å². The van der Waals surface area contributed by atoms with E-state index in [0.29, 0.717) is 0 Å². The van der Waals surface area contributed by atoms with Crippen molar-refractivity contribution in [3.8, 4) is 0 Å². The van der Waals surface area contributed by atoms with Crippen molar-refractivity contribution in [1.29, 1.82) is 0 Å². The van der Waals surface area contributed by atoms with Gasteiger partial charge in [-0.1, -0.05) is 0 Å². The lowest BCUT2D eigenvalue weighted by Gasteiger charge is -1.10. The SMILES string of the molecule is C[O].P.S. The fourth-order valence-electron chi connectivity index (χ4n) is 0. The zero-order chi connectivity index (χ0) is 2.00. The molecule has 0 rings (SSSR count). The third kappa shape index (κ3) is 15.1. The molecule has 0 saturated carbocycles. The lowest BCUT2D eigenvalue weighted by molar-refractivity contribution is 0.282. The Morgan fingerprint density at radius 2 is 1.25 bits per heavy atom. The van der Waals surface area contributed by atoms with Gasteiger partial charge in [-0.2, -0.15) is 23.4 Å². The van der Waals surface area contributed by atoms with Crippen molar-refractivity contribution in [3.63, 3.8) is 0 Å². The minimum atomic E-state index is 0. The van der Waals surface area contributed by atoms with E-state index in [0.717, 1.165) is 7.11 Å². The molecule has 0 fully saturated rings. The second kappa shape index (κ2) is 51.3. The average molecular weight is 99.1 g/mol. The average Bonchev–Trinajstić information content (AvgIpc) is 1.00. The van der Waals surface area contributed by atoms with Gasteiger partial charge in [0.2, 0.25) is 0 Å². The molecule has 0 aliphatic heterocycles. The minimum Gasteiger partial charge on any atom is -0.240 e. The van der Waals surface area contributed by atoms with Gasteiger partial charge in [0.1, 0.15) is 0 Å². The highest BCUT2D eigenvalue weighted by Gasteiger charge is 0.927. The number of rotatable bonds is 0. The normalized spacial score (nSPS) is 1.50. The minimum absolute atomic E-state index is 0. The Labute approximate surface area is 36.5 Å². The Hall–Kier alpha value is 0.740. The first-order valence-corrected chi connectivity index (χ1v) is 0.408. The molecule has 4 heavy (non-hydrogen) atoms. The van der Waals surface area contributed by atoms with Crippen molar-refractivity contribution in [3.05, 3.63) is 0 Å². The van der Waals surface area contributed by atoms with Crippen LogP contribution in [0.1, 0.15) is 0 Å². The van der Waals surface area contributed by atoms with Gasteiger partial charge in [-0.15, -0.1) is 0 Å². The van der Waals surface area contributed by atoms with E-state index >= 15 is 0 Å². The van der Waals surface area contributed by atoms with E-state index in [9.17, 15) is 0 Å². The van der Waals surface area contributed by atoms with Crippen LogP contribution in [0.25, 0.3) is 0 Å². The molecule has 0 bridgehead atoms. The molecular weight excluding hydrogens is 91.1 g/mol. The predicted molar refractivity (Wildman–Crippen MR) is 28.1 cm³/mol. The van der Waals surface area contributed by atoms with E-state index in [-0.39, 0.29) is 23.4 Å². The first-order chi connectivity index (χ1) is 1.00. The van der Waals surface area contributed by atoms with Crippen molar-refractivity contribution in [2.75, 3.05) is 7.11 Å². The molecular formula is CH8OPS. The van der Waals surface area contributed by atoms with E-state index < -0.39 is 0 Å². The van der Waals surface area contributed by atoms with E-state index in [2.05, 4.69) is 0 Å². The highest BCUT2D eigenvalue weighted by atomic mass is 32.1. The van der Waals surface area contributed by atoms with Crippen molar-refractivity contribution >= 4 is 23.4 Å². The van der Waals surface area contributed by atoms with E-state index in [1.54, 1.807) is 0 Å². The van der Waals surface area contributed by atoms with Crippen LogP contribution in [0.3, 0.4) is 0 Å². The monoisotopic (exact) mass is 99.0 g/mol. The molecule has 0 N–H and O–H groups in total. The van der Waals surface area contributed by atoms with Crippen LogP contribution in [0.5, 0.6) is 0 Å². The first kappa shape index (κ1) is 21.9. The Morgan fingerprint density at radius 1 is 1.25 bits per heavy atom. The molecule has 0 aromatic heterocycles. The Kier molecular flexibility index (Phi) is 281. The van der Waals surface area contributed by atoms with Crippen molar-refractivity contribution < 1.29 is 5.11 Å². The third-order valence-electron chi connectivity index (χ3n) is 0. The standard InChI is InChI=1S/CH3O.H3P.H2S/c1-2;;/h1H3;1H3;1H2. The Bertz CT molecular complexity index is 8.00. The summed E-state index contributed by atoms with van der Waals surface area (Å²) < 4.78 is 0. The van der Waals surface area contributed by atoms with Crippen LogP contribution in [0.15, 0.2) is 0 Å². The van der Waals surface area contributed by atoms with Crippen LogP contribution in [-0.2, 0) is 5.11 Å². The fourth-order valence-corrected chi connectivity index (χ4v) is 0. The molecule has 0 aliphatic rings. The second-order valence-electron chi connectivity index (χ2n) is 0. The fraction of sp³-hybridized carbons (Fsp3) is 1.00. The van der Waals surface area contributed by atoms with Gasteiger partial charge >= 0.3 is 0 Å². The predicted octanol–water partition coefficient (Wildman–Crippen LogP) is 0.218. The van der Waals surface area contributed by atoms with E-state index in [1.165, 1.54) is 0 Å². The van der Waals surface area contributed by atoms with Gasteiger partial charge in [-0.25, -0.2) is 5.11 Å². The summed E-state index contributed by atoms with van der Waals surface area (Å²) in [7, 11) is 0.750. The molecule has 0 aromatic carbocycles. The Morgan fingerprint density at radius 3 is 1.25 bits per heavy atom. The van der Waals surface area contributed by atoms with Gasteiger partial charge in [0.05, 0.1) is 7.11 Å². The zero-order valence-electron chi connectivity index (χ0n) is 2.62. The smallest absolute Gasteiger partial charge is 0.0712 e. The molecule has 1 atom stereocenters. The highest BCUT2D eigenvalue weighted by Crippen LogP contribution is 0.861. The van der Waals surface area contributed by atoms with E-state index in [1.807, 2.05) is 0 Å². The Balaban J connectivity index is -0.00000000500. The third-order valence-corrected chi connectivity index (χ3v) is 0. The van der Waals surface area contributed by atoms with Gasteiger partial charge < -0.3 is 0 Å². The summed E-state index contributed by atoms with van der Waals surface area (Å²) in [5, 5.41) is 8.25. The molecule has 29 valence electrons. The molecule has 1 radical (unpaired) electrons. The quantitative estimate of drug-likeness (QED) is 0.387. The second-order valence-corrected chi connectivity index (χ2v) is 0. The van der Waals surface area contributed by atoms with Gasteiger partial charge in [0.15, 0.2) is 0 Å². The van der Waals surface area contributed by atoms with Crippen molar-refractivity contribution in [2.45, 2.75) is 0 Å². The van der Waals surface area contributed by atoms with E-state index in [4.69, 9.17) is 5.11 Å². The molecule has 0 aromatic rings. The molecule has 1 unspecified atom stereocenters. The zero-order valence-corrected chi connectivity index (χ0v) is 5.03. The molecule has 1 nitrogen and oxygen atoms in total. The molecule has 0 spiro atoms. The topological polar surface area (TPSA) is 19.9 Å². The summed E-state index contributed by atoms with van der Waals surface area (Å²) >= 11 is 0. The summed E-state index contributed by atoms with van der Waals surface area (Å²) in [6.45, 7) is 0.